The molecule has 0 saturated heterocycles. The van der Waals surface area contributed by atoms with E-state index in [4.69, 9.17) is 0 Å². The lowest BCUT2D eigenvalue weighted by molar-refractivity contribution is 0.0945. The molecule has 0 spiro atoms. The van der Waals surface area contributed by atoms with Gasteiger partial charge in [0.2, 0.25) is 0 Å². The Balaban J connectivity index is 1.65. The molecular weight excluding hydrogens is 336 g/mol. The Morgan fingerprint density at radius 3 is 2.44 bits per heavy atom. The number of carbonyl (C=O) groups is 1. The summed E-state index contributed by atoms with van der Waals surface area (Å²) in [6.45, 7) is 6.79. The van der Waals surface area contributed by atoms with E-state index in [0.29, 0.717) is 24.0 Å². The van der Waals surface area contributed by atoms with Crippen LogP contribution in [0.3, 0.4) is 0 Å². The van der Waals surface area contributed by atoms with Crippen LogP contribution in [0.4, 0.5) is 11.5 Å². The van der Waals surface area contributed by atoms with Crippen molar-refractivity contribution < 1.29 is 4.79 Å². The number of nitrogens with zero attached hydrogens (tertiary/aromatic N) is 2. The molecule has 1 heterocycles. The molecule has 138 valence electrons. The maximum atomic E-state index is 12.3. The molecule has 5 heteroatoms. The van der Waals surface area contributed by atoms with Crippen LogP contribution in [0.15, 0.2) is 60.9 Å². The predicted octanol–water partition coefficient (Wildman–Crippen LogP) is 4.58. The number of carbonyl (C=O) groups excluding carboxylic acids is 1. The Hall–Kier alpha value is -3.21. The van der Waals surface area contributed by atoms with Gasteiger partial charge in [-0.25, -0.2) is 9.97 Å². The van der Waals surface area contributed by atoms with Crippen molar-refractivity contribution in [3.63, 3.8) is 0 Å². The van der Waals surface area contributed by atoms with E-state index in [9.17, 15) is 4.79 Å². The van der Waals surface area contributed by atoms with Gasteiger partial charge in [0.05, 0.1) is 12.4 Å². The van der Waals surface area contributed by atoms with Gasteiger partial charge in [0.1, 0.15) is 11.5 Å². The van der Waals surface area contributed by atoms with Gasteiger partial charge >= 0.3 is 0 Å². The number of amides is 1. The fraction of sp³-hybridized carbons (Fsp3) is 0.227. The maximum Gasteiger partial charge on any atom is 0.271 e. The van der Waals surface area contributed by atoms with Gasteiger partial charge in [0, 0.05) is 12.2 Å². The topological polar surface area (TPSA) is 66.9 Å². The van der Waals surface area contributed by atoms with Gasteiger partial charge in [-0.15, -0.1) is 0 Å². The zero-order valence-corrected chi connectivity index (χ0v) is 15.9. The van der Waals surface area contributed by atoms with Crippen molar-refractivity contribution in [2.24, 2.45) is 0 Å². The molecule has 0 aliphatic heterocycles. The average molecular weight is 360 g/mol. The van der Waals surface area contributed by atoms with Crippen LogP contribution in [-0.2, 0) is 6.54 Å². The highest BCUT2D eigenvalue weighted by molar-refractivity contribution is 5.92. The first kappa shape index (κ1) is 18.6. The molecule has 0 fully saturated rings. The van der Waals surface area contributed by atoms with Crippen molar-refractivity contribution in [3.8, 4) is 0 Å². The van der Waals surface area contributed by atoms with Crippen LogP contribution in [0.25, 0.3) is 0 Å². The molecule has 1 amide bonds. The minimum atomic E-state index is -0.236. The van der Waals surface area contributed by atoms with Gasteiger partial charge in [-0.2, -0.15) is 0 Å². The average Bonchev–Trinajstić information content (AvgIpc) is 2.68. The Bertz CT molecular complexity index is 920. The second kappa shape index (κ2) is 8.45. The number of rotatable bonds is 6. The molecule has 0 aliphatic carbocycles. The normalized spacial score (nSPS) is 10.7. The summed E-state index contributed by atoms with van der Waals surface area (Å²) in [5.74, 6) is 0.770. The second-order valence-electron chi connectivity index (χ2n) is 6.76. The SMILES string of the molecule is Cc1ccccc1CNC(=O)c1cnc(Nc2ccccc2C(C)C)cn1. The van der Waals surface area contributed by atoms with E-state index < -0.39 is 0 Å². The lowest BCUT2D eigenvalue weighted by Gasteiger charge is -2.14. The van der Waals surface area contributed by atoms with E-state index in [2.05, 4.69) is 40.5 Å². The fourth-order valence-electron chi connectivity index (χ4n) is 2.84. The van der Waals surface area contributed by atoms with Gasteiger partial charge in [-0.05, 0) is 35.6 Å². The van der Waals surface area contributed by atoms with E-state index >= 15 is 0 Å². The highest BCUT2D eigenvalue weighted by atomic mass is 16.1. The molecule has 0 atom stereocenters. The maximum absolute atomic E-state index is 12.3. The first-order chi connectivity index (χ1) is 13.0. The van der Waals surface area contributed by atoms with Crippen molar-refractivity contribution in [1.82, 2.24) is 15.3 Å². The first-order valence-electron chi connectivity index (χ1n) is 9.05. The number of aryl methyl sites for hydroxylation is 1. The van der Waals surface area contributed by atoms with Crippen LogP contribution in [0.1, 0.15) is 46.9 Å². The monoisotopic (exact) mass is 360 g/mol. The van der Waals surface area contributed by atoms with Gasteiger partial charge in [-0.1, -0.05) is 56.3 Å². The van der Waals surface area contributed by atoms with Gasteiger partial charge in [0.25, 0.3) is 5.91 Å². The van der Waals surface area contributed by atoms with E-state index in [1.807, 2.05) is 49.4 Å². The van der Waals surface area contributed by atoms with E-state index in [1.165, 1.54) is 11.8 Å². The van der Waals surface area contributed by atoms with Crippen molar-refractivity contribution in [1.29, 1.82) is 0 Å². The summed E-state index contributed by atoms with van der Waals surface area (Å²) in [7, 11) is 0. The van der Waals surface area contributed by atoms with E-state index in [0.717, 1.165) is 16.8 Å². The Labute approximate surface area is 159 Å². The molecule has 27 heavy (non-hydrogen) atoms. The molecule has 1 aromatic heterocycles. The van der Waals surface area contributed by atoms with Crippen LogP contribution in [0.5, 0.6) is 0 Å². The third kappa shape index (κ3) is 4.70. The van der Waals surface area contributed by atoms with Crippen molar-refractivity contribution in [2.45, 2.75) is 33.2 Å². The third-order valence-electron chi connectivity index (χ3n) is 4.43. The molecule has 5 nitrogen and oxygen atoms in total. The number of aromatic nitrogens is 2. The third-order valence-corrected chi connectivity index (χ3v) is 4.43. The number of anilines is 2. The summed E-state index contributed by atoms with van der Waals surface area (Å²) >= 11 is 0. The van der Waals surface area contributed by atoms with Crippen molar-refractivity contribution >= 4 is 17.4 Å². The van der Waals surface area contributed by atoms with Gasteiger partial charge < -0.3 is 10.6 Å². The minimum absolute atomic E-state index is 0.236. The number of benzene rings is 2. The summed E-state index contributed by atoms with van der Waals surface area (Å²) in [5, 5.41) is 6.17. The van der Waals surface area contributed by atoms with Gasteiger partial charge in [-0.3, -0.25) is 4.79 Å². The molecule has 0 unspecified atom stereocenters. The van der Waals surface area contributed by atoms with Crippen molar-refractivity contribution in [2.75, 3.05) is 5.32 Å². The van der Waals surface area contributed by atoms with Crippen LogP contribution < -0.4 is 10.6 Å². The zero-order chi connectivity index (χ0) is 19.2. The van der Waals surface area contributed by atoms with Crippen LogP contribution in [0.2, 0.25) is 0 Å². The lowest BCUT2D eigenvalue weighted by atomic mass is 10.0. The quantitative estimate of drug-likeness (QED) is 0.675. The molecule has 0 saturated carbocycles. The van der Waals surface area contributed by atoms with Crippen LogP contribution in [-0.4, -0.2) is 15.9 Å². The number of nitrogens with one attached hydrogen (secondary N) is 2. The summed E-state index contributed by atoms with van der Waals surface area (Å²) in [4.78, 5) is 20.9. The van der Waals surface area contributed by atoms with E-state index in [-0.39, 0.29) is 5.91 Å². The molecule has 3 rings (SSSR count). The van der Waals surface area contributed by atoms with Crippen LogP contribution >= 0.6 is 0 Å². The zero-order valence-electron chi connectivity index (χ0n) is 15.9. The summed E-state index contributed by atoms with van der Waals surface area (Å²) in [6, 6.07) is 16.1. The molecule has 0 radical (unpaired) electrons. The van der Waals surface area contributed by atoms with Gasteiger partial charge in [0.15, 0.2) is 0 Å². The molecule has 2 aromatic carbocycles. The first-order valence-corrected chi connectivity index (χ1v) is 9.05. The standard InChI is InChI=1S/C22H24N4O/c1-15(2)18-10-6-7-11-19(18)26-21-14-23-20(13-24-21)22(27)25-12-17-9-5-4-8-16(17)3/h4-11,13-15H,12H2,1-3H3,(H,24,26)(H,25,27). The second-order valence-corrected chi connectivity index (χ2v) is 6.76. The van der Waals surface area contributed by atoms with Crippen molar-refractivity contribution in [3.05, 3.63) is 83.3 Å². The minimum Gasteiger partial charge on any atom is -0.347 e. The Morgan fingerprint density at radius 1 is 1.00 bits per heavy atom. The smallest absolute Gasteiger partial charge is 0.271 e. The van der Waals surface area contributed by atoms with E-state index in [1.54, 1.807) is 6.20 Å². The summed E-state index contributed by atoms with van der Waals surface area (Å²) < 4.78 is 0. The largest absolute Gasteiger partial charge is 0.347 e. The molecule has 3 aromatic rings. The predicted molar refractivity (Wildman–Crippen MR) is 108 cm³/mol. The summed E-state index contributed by atoms with van der Waals surface area (Å²) in [6.07, 6.45) is 3.08. The highest BCUT2D eigenvalue weighted by Crippen LogP contribution is 2.25. The Morgan fingerprint density at radius 2 is 1.74 bits per heavy atom. The lowest BCUT2D eigenvalue weighted by Crippen LogP contribution is -2.24. The Kier molecular flexibility index (Phi) is 5.81. The molecule has 0 aliphatic rings. The highest BCUT2D eigenvalue weighted by Gasteiger charge is 2.10. The molecular formula is C22H24N4O. The number of hydrogen-bond acceptors (Lipinski definition) is 4. The van der Waals surface area contributed by atoms with Crippen LogP contribution in [0, 0.1) is 6.92 Å². The fourth-order valence-corrected chi connectivity index (χ4v) is 2.84. The molecule has 2 N–H and O–H groups in total. The summed E-state index contributed by atoms with van der Waals surface area (Å²) in [5.41, 5.74) is 4.74. The molecule has 0 bridgehead atoms. The number of para-hydroxylation sites is 1. The number of hydrogen-bond donors (Lipinski definition) is 2.